The third-order valence-electron chi connectivity index (χ3n) is 0.586. The van der Waals surface area contributed by atoms with Gasteiger partial charge in [-0.05, 0) is 0 Å². The van der Waals surface area contributed by atoms with Gasteiger partial charge in [-0.15, -0.1) is 6.42 Å². The van der Waals surface area contributed by atoms with E-state index in [0.717, 1.165) is 6.42 Å². The third kappa shape index (κ3) is 5.96. The first-order valence-electron chi connectivity index (χ1n) is 1.72. The largest absolute Gasteiger partial charge is 1.00 e. The molecule has 0 amide bonds. The van der Waals surface area contributed by atoms with Crippen LogP contribution in [-0.4, -0.2) is 0 Å². The Kier molecular flexibility index (Phi) is 19.7. The molecule has 1 rings (SSSR count). The Morgan fingerprint density at radius 1 is 1.25 bits per heavy atom. The second kappa shape index (κ2) is 10.1. The van der Waals surface area contributed by atoms with Crippen molar-refractivity contribution >= 4 is 0 Å². The molecule has 0 N–H and O–H groups in total. The van der Waals surface area contributed by atoms with E-state index in [1.165, 1.54) is 0 Å². The van der Waals surface area contributed by atoms with Gasteiger partial charge in [-0.1, -0.05) is 0 Å². The first kappa shape index (κ1) is 15.7. The van der Waals surface area contributed by atoms with E-state index in [9.17, 15) is 0 Å². The summed E-state index contributed by atoms with van der Waals surface area (Å²) in [7, 11) is 0. The van der Waals surface area contributed by atoms with Gasteiger partial charge >= 0.3 is 19.5 Å². The van der Waals surface area contributed by atoms with E-state index in [-0.39, 0.29) is 28.9 Å². The Balaban J connectivity index is -0.0000000833. The van der Waals surface area contributed by atoms with Crippen molar-refractivity contribution in [2.75, 3.05) is 0 Å². The van der Waals surface area contributed by atoms with E-state index in [4.69, 9.17) is 0 Å². The molecule has 0 aromatic heterocycles. The van der Waals surface area contributed by atoms with Crippen LogP contribution in [0.5, 0.6) is 0 Å². The molecule has 8 heavy (non-hydrogen) atoms. The maximum Gasteiger partial charge on any atom is 1.00 e. The SMILES string of the molecule is F.F.[C-]1=CC=CC1.[Ru+]. The average molecular weight is 206 g/mol. The Bertz CT molecular complexity index is 68.5. The molecular formula is C5H7F2Ru. The Labute approximate surface area is 60.2 Å². The molecule has 0 aliphatic heterocycles. The zero-order chi connectivity index (χ0) is 3.54. The van der Waals surface area contributed by atoms with E-state index in [2.05, 4.69) is 12.2 Å². The minimum absolute atomic E-state index is 0. The fourth-order valence-electron chi connectivity index (χ4n) is 0.340. The van der Waals surface area contributed by atoms with Gasteiger partial charge in [0.15, 0.2) is 0 Å². The summed E-state index contributed by atoms with van der Waals surface area (Å²) in [5.41, 5.74) is 0. The summed E-state index contributed by atoms with van der Waals surface area (Å²) >= 11 is 0. The molecule has 0 spiro atoms. The Hall–Kier alpha value is -0.0366. The smallest absolute Gasteiger partial charge is 0.273 e. The van der Waals surface area contributed by atoms with Crippen LogP contribution in [0.15, 0.2) is 18.2 Å². The standard InChI is InChI=1S/C5H5.2FH.Ru/c1-2-4-5-3-1;;;/h1-3H,4H2;2*1H;/q-1;;;+1. The van der Waals surface area contributed by atoms with Gasteiger partial charge < -0.3 is 0 Å². The summed E-state index contributed by atoms with van der Waals surface area (Å²) in [6.07, 6.45) is 10.0. The van der Waals surface area contributed by atoms with Gasteiger partial charge in [0, 0.05) is 0 Å². The van der Waals surface area contributed by atoms with Crippen LogP contribution in [0.1, 0.15) is 6.42 Å². The van der Waals surface area contributed by atoms with Crippen molar-refractivity contribution in [3.05, 3.63) is 24.3 Å². The van der Waals surface area contributed by atoms with Crippen molar-refractivity contribution < 1.29 is 28.9 Å². The van der Waals surface area contributed by atoms with Crippen molar-refractivity contribution in [3.63, 3.8) is 0 Å². The fourth-order valence-corrected chi connectivity index (χ4v) is 0.340. The summed E-state index contributed by atoms with van der Waals surface area (Å²) in [6.45, 7) is 0. The van der Waals surface area contributed by atoms with Gasteiger partial charge in [0.05, 0.1) is 0 Å². The second-order valence-electron chi connectivity index (χ2n) is 1.00. The van der Waals surface area contributed by atoms with Gasteiger partial charge in [0.1, 0.15) is 0 Å². The molecule has 0 aromatic rings. The Morgan fingerprint density at radius 2 is 1.88 bits per heavy atom. The van der Waals surface area contributed by atoms with Gasteiger partial charge in [-0.2, -0.15) is 6.08 Å². The summed E-state index contributed by atoms with van der Waals surface area (Å²) in [6, 6.07) is 0. The second-order valence-corrected chi connectivity index (χ2v) is 1.00. The maximum atomic E-state index is 2.99. The molecule has 0 bridgehead atoms. The van der Waals surface area contributed by atoms with E-state index < -0.39 is 0 Å². The maximum absolute atomic E-state index is 2.99. The number of hydrogen-bond donors (Lipinski definition) is 0. The molecule has 0 saturated heterocycles. The zero-order valence-electron chi connectivity index (χ0n) is 4.11. The predicted octanol–water partition coefficient (Wildman–Crippen LogP) is 1.61. The predicted molar refractivity (Wildman–Crippen MR) is 26.6 cm³/mol. The normalized spacial score (nSPS) is 11.0. The van der Waals surface area contributed by atoms with Crippen molar-refractivity contribution in [1.29, 1.82) is 0 Å². The van der Waals surface area contributed by atoms with Gasteiger partial charge in [-0.25, -0.2) is 12.2 Å². The van der Waals surface area contributed by atoms with E-state index >= 15 is 0 Å². The van der Waals surface area contributed by atoms with Crippen LogP contribution >= 0.6 is 0 Å². The molecule has 0 atom stereocenters. The molecule has 0 fully saturated rings. The summed E-state index contributed by atoms with van der Waals surface area (Å²) < 4.78 is 0. The van der Waals surface area contributed by atoms with Crippen molar-refractivity contribution in [2.45, 2.75) is 6.42 Å². The van der Waals surface area contributed by atoms with Gasteiger partial charge in [-0.3, -0.25) is 15.5 Å². The number of hydrogen-bond acceptors (Lipinski definition) is 0. The molecule has 0 aromatic carbocycles. The van der Waals surface area contributed by atoms with Crippen LogP contribution in [0, 0.1) is 6.08 Å². The molecule has 0 nitrogen and oxygen atoms in total. The first-order valence-corrected chi connectivity index (χ1v) is 1.72. The molecular weight excluding hydrogens is 199 g/mol. The number of allylic oxidation sites excluding steroid dienone is 4. The average Bonchev–Trinajstić information content (AvgIpc) is 1.76. The minimum atomic E-state index is 0. The van der Waals surface area contributed by atoms with E-state index in [1.807, 2.05) is 12.2 Å². The van der Waals surface area contributed by atoms with Crippen LogP contribution in [0.3, 0.4) is 0 Å². The summed E-state index contributed by atoms with van der Waals surface area (Å²) in [5, 5.41) is 0. The van der Waals surface area contributed by atoms with Crippen LogP contribution in [0.25, 0.3) is 0 Å². The van der Waals surface area contributed by atoms with Crippen LogP contribution in [0.2, 0.25) is 0 Å². The van der Waals surface area contributed by atoms with Crippen molar-refractivity contribution in [2.24, 2.45) is 0 Å². The van der Waals surface area contributed by atoms with E-state index in [0.29, 0.717) is 0 Å². The molecule has 49 valence electrons. The van der Waals surface area contributed by atoms with Crippen molar-refractivity contribution in [3.8, 4) is 0 Å². The molecule has 1 aliphatic rings. The molecule has 0 saturated carbocycles. The molecule has 0 unspecified atom stereocenters. The van der Waals surface area contributed by atoms with Crippen LogP contribution in [-0.2, 0) is 19.5 Å². The van der Waals surface area contributed by atoms with E-state index in [1.54, 1.807) is 0 Å². The van der Waals surface area contributed by atoms with Crippen molar-refractivity contribution in [1.82, 2.24) is 0 Å². The molecule has 0 heterocycles. The van der Waals surface area contributed by atoms with Gasteiger partial charge in [0.25, 0.3) is 0 Å². The molecule has 3 heteroatoms. The van der Waals surface area contributed by atoms with Crippen LogP contribution in [0.4, 0.5) is 9.41 Å². The topological polar surface area (TPSA) is 0 Å². The fraction of sp³-hybridized carbons (Fsp3) is 0.200. The summed E-state index contributed by atoms with van der Waals surface area (Å²) in [5.74, 6) is 0. The van der Waals surface area contributed by atoms with Crippen LogP contribution < -0.4 is 0 Å². The number of rotatable bonds is 0. The summed E-state index contributed by atoms with van der Waals surface area (Å²) in [4.78, 5) is 0. The first-order chi connectivity index (χ1) is 2.50. The molecule has 1 radical (unpaired) electrons. The minimum Gasteiger partial charge on any atom is -0.273 e. The Morgan fingerprint density at radius 3 is 2.00 bits per heavy atom. The monoisotopic (exact) mass is 207 g/mol. The third-order valence-corrected chi connectivity index (χ3v) is 0.586. The zero-order valence-corrected chi connectivity index (χ0v) is 5.85. The van der Waals surface area contributed by atoms with Gasteiger partial charge in [0.2, 0.25) is 0 Å². The quantitative estimate of drug-likeness (QED) is 0.417. The molecule has 1 aliphatic carbocycles. The number of halogens is 2.